The second kappa shape index (κ2) is 7.56. The lowest BCUT2D eigenvalue weighted by molar-refractivity contribution is -0.139. The molecule has 0 fully saturated rings. The predicted octanol–water partition coefficient (Wildman–Crippen LogP) is 2.36. The molecular weight excluding hydrogens is 288 g/mol. The number of aliphatic carboxylic acids is 1. The van der Waals surface area contributed by atoms with E-state index in [1.807, 2.05) is 25.5 Å². The Bertz CT molecular complexity index is 469. The van der Waals surface area contributed by atoms with Crippen molar-refractivity contribution in [2.24, 2.45) is 5.41 Å². The molecule has 1 unspecified atom stereocenters. The van der Waals surface area contributed by atoms with E-state index in [9.17, 15) is 9.59 Å². The summed E-state index contributed by atoms with van der Waals surface area (Å²) in [6.07, 6.45) is 0.201. The van der Waals surface area contributed by atoms with Gasteiger partial charge in [-0.1, -0.05) is 19.9 Å². The summed E-state index contributed by atoms with van der Waals surface area (Å²) in [6, 6.07) is 4.18. The molecule has 0 radical (unpaired) electrons. The van der Waals surface area contributed by atoms with Gasteiger partial charge in [-0.15, -0.1) is 11.3 Å². The number of hydrogen-bond acceptors (Lipinski definition) is 4. The van der Waals surface area contributed by atoms with E-state index in [4.69, 9.17) is 5.11 Å². The second-order valence-electron chi connectivity index (χ2n) is 6.21. The molecule has 0 aromatic carbocycles. The van der Waals surface area contributed by atoms with Gasteiger partial charge in [-0.25, -0.2) is 0 Å². The first-order valence-electron chi connectivity index (χ1n) is 6.89. The SMILES string of the molecule is CN(C)C(CNC(=O)CC(C)(C)CC(=O)O)c1cccs1. The molecule has 0 spiro atoms. The molecule has 1 atom stereocenters. The summed E-state index contributed by atoms with van der Waals surface area (Å²) in [5.41, 5.74) is -0.535. The molecule has 1 rings (SSSR count). The van der Waals surface area contributed by atoms with Crippen LogP contribution in [0.2, 0.25) is 0 Å². The van der Waals surface area contributed by atoms with E-state index >= 15 is 0 Å². The Morgan fingerprint density at radius 2 is 2.05 bits per heavy atom. The lowest BCUT2D eigenvalue weighted by atomic mass is 9.85. The number of amides is 1. The van der Waals surface area contributed by atoms with Crippen LogP contribution >= 0.6 is 11.3 Å². The van der Waals surface area contributed by atoms with Crippen molar-refractivity contribution in [1.82, 2.24) is 10.2 Å². The van der Waals surface area contributed by atoms with Crippen molar-refractivity contribution in [3.63, 3.8) is 0 Å². The third kappa shape index (κ3) is 6.27. The highest BCUT2D eigenvalue weighted by atomic mass is 32.1. The average Bonchev–Trinajstić information content (AvgIpc) is 2.79. The first-order valence-corrected chi connectivity index (χ1v) is 7.77. The van der Waals surface area contributed by atoms with Crippen LogP contribution in [-0.4, -0.2) is 42.5 Å². The third-order valence-electron chi connectivity index (χ3n) is 3.26. The number of carbonyl (C=O) groups excluding carboxylic acids is 1. The van der Waals surface area contributed by atoms with Crippen LogP contribution in [0.3, 0.4) is 0 Å². The molecule has 6 heteroatoms. The fourth-order valence-electron chi connectivity index (χ4n) is 2.20. The van der Waals surface area contributed by atoms with Gasteiger partial charge >= 0.3 is 5.97 Å². The summed E-state index contributed by atoms with van der Waals surface area (Å²) in [4.78, 5) is 26.1. The van der Waals surface area contributed by atoms with Crippen LogP contribution in [0.15, 0.2) is 17.5 Å². The third-order valence-corrected chi connectivity index (χ3v) is 4.23. The van der Waals surface area contributed by atoms with Crippen molar-refractivity contribution in [1.29, 1.82) is 0 Å². The highest BCUT2D eigenvalue weighted by Crippen LogP contribution is 2.25. The Labute approximate surface area is 130 Å². The Morgan fingerprint density at radius 3 is 2.52 bits per heavy atom. The minimum Gasteiger partial charge on any atom is -0.481 e. The van der Waals surface area contributed by atoms with Gasteiger partial charge in [0.05, 0.1) is 12.5 Å². The first-order chi connectivity index (χ1) is 9.71. The molecule has 0 saturated carbocycles. The van der Waals surface area contributed by atoms with Crippen LogP contribution in [0.5, 0.6) is 0 Å². The second-order valence-corrected chi connectivity index (χ2v) is 7.19. The quantitative estimate of drug-likeness (QED) is 0.773. The molecule has 1 aromatic rings. The van der Waals surface area contributed by atoms with E-state index in [2.05, 4.69) is 16.3 Å². The fraction of sp³-hybridized carbons (Fsp3) is 0.600. The summed E-state index contributed by atoms with van der Waals surface area (Å²) >= 11 is 1.66. The predicted molar refractivity (Wildman–Crippen MR) is 84.4 cm³/mol. The van der Waals surface area contributed by atoms with Gasteiger partial charge in [0, 0.05) is 17.8 Å². The summed E-state index contributed by atoms with van der Waals surface area (Å²) in [6.45, 7) is 4.11. The van der Waals surface area contributed by atoms with Crippen molar-refractivity contribution in [2.75, 3.05) is 20.6 Å². The molecule has 21 heavy (non-hydrogen) atoms. The zero-order chi connectivity index (χ0) is 16.0. The maximum Gasteiger partial charge on any atom is 0.303 e. The topological polar surface area (TPSA) is 69.6 Å². The smallest absolute Gasteiger partial charge is 0.303 e. The van der Waals surface area contributed by atoms with E-state index in [1.165, 1.54) is 4.88 Å². The molecule has 5 nitrogen and oxygen atoms in total. The van der Waals surface area contributed by atoms with E-state index in [-0.39, 0.29) is 24.8 Å². The van der Waals surface area contributed by atoms with E-state index < -0.39 is 11.4 Å². The van der Waals surface area contributed by atoms with Gasteiger partial charge in [-0.05, 0) is 31.0 Å². The van der Waals surface area contributed by atoms with Crippen LogP contribution in [0.25, 0.3) is 0 Å². The lowest BCUT2D eigenvalue weighted by Crippen LogP contribution is -2.36. The lowest BCUT2D eigenvalue weighted by Gasteiger charge is -2.25. The molecular formula is C15H24N2O3S. The number of nitrogens with one attached hydrogen (secondary N) is 1. The largest absolute Gasteiger partial charge is 0.481 e. The molecule has 0 aliphatic rings. The number of carboxylic acids is 1. The zero-order valence-electron chi connectivity index (χ0n) is 13.0. The summed E-state index contributed by atoms with van der Waals surface area (Å²) < 4.78 is 0. The Morgan fingerprint density at radius 1 is 1.38 bits per heavy atom. The number of likely N-dealkylation sites (N-methyl/N-ethyl adjacent to an activating group) is 1. The average molecular weight is 312 g/mol. The normalized spacial score (nSPS) is 13.2. The molecule has 1 amide bonds. The molecule has 1 heterocycles. The molecule has 0 bridgehead atoms. The minimum absolute atomic E-state index is 0.0115. The summed E-state index contributed by atoms with van der Waals surface area (Å²) in [5, 5.41) is 13.8. The van der Waals surface area contributed by atoms with Crippen molar-refractivity contribution >= 4 is 23.2 Å². The van der Waals surface area contributed by atoms with Gasteiger partial charge in [0.15, 0.2) is 0 Å². The van der Waals surface area contributed by atoms with Crippen molar-refractivity contribution < 1.29 is 14.7 Å². The van der Waals surface area contributed by atoms with Crippen LogP contribution < -0.4 is 5.32 Å². The standard InChI is InChI=1S/C15H24N2O3S/c1-15(2,9-14(19)20)8-13(18)16-10-11(17(3)4)12-6-5-7-21-12/h5-7,11H,8-10H2,1-4H3,(H,16,18)(H,19,20). The molecule has 0 aliphatic carbocycles. The van der Waals surface area contributed by atoms with E-state index in [0.717, 1.165) is 0 Å². The van der Waals surface area contributed by atoms with Gasteiger partial charge in [0.2, 0.25) is 5.91 Å². The molecule has 2 N–H and O–H groups in total. The first kappa shape index (κ1) is 17.7. The Hall–Kier alpha value is -1.40. The van der Waals surface area contributed by atoms with E-state index in [1.54, 1.807) is 25.2 Å². The fourth-order valence-corrected chi connectivity index (χ4v) is 3.12. The van der Waals surface area contributed by atoms with Crippen molar-refractivity contribution in [3.8, 4) is 0 Å². The molecule has 0 saturated heterocycles. The molecule has 118 valence electrons. The van der Waals surface area contributed by atoms with E-state index in [0.29, 0.717) is 6.54 Å². The highest BCUT2D eigenvalue weighted by molar-refractivity contribution is 7.10. The number of thiophene rings is 1. The number of hydrogen-bond donors (Lipinski definition) is 2. The van der Waals surface area contributed by atoms with Crippen molar-refractivity contribution in [2.45, 2.75) is 32.7 Å². The van der Waals surface area contributed by atoms with Gasteiger partial charge in [-0.2, -0.15) is 0 Å². The zero-order valence-corrected chi connectivity index (χ0v) is 13.9. The summed E-state index contributed by atoms with van der Waals surface area (Å²) in [7, 11) is 3.95. The highest BCUT2D eigenvalue weighted by Gasteiger charge is 2.25. The maximum atomic E-state index is 12.0. The van der Waals surface area contributed by atoms with Crippen LogP contribution in [0.1, 0.15) is 37.6 Å². The Balaban J connectivity index is 2.53. The van der Waals surface area contributed by atoms with Gasteiger partial charge in [-0.3, -0.25) is 9.59 Å². The minimum atomic E-state index is -0.877. The number of carbonyl (C=O) groups is 2. The van der Waals surface area contributed by atoms with Gasteiger partial charge in [0.1, 0.15) is 0 Å². The van der Waals surface area contributed by atoms with Crippen molar-refractivity contribution in [3.05, 3.63) is 22.4 Å². The molecule has 1 aromatic heterocycles. The van der Waals surface area contributed by atoms with Gasteiger partial charge in [0.25, 0.3) is 0 Å². The Kier molecular flexibility index (Phi) is 6.36. The van der Waals surface area contributed by atoms with Crippen LogP contribution in [-0.2, 0) is 9.59 Å². The number of carboxylic acid groups (broad SMARTS) is 1. The number of nitrogens with zero attached hydrogens (tertiary/aromatic N) is 1. The summed E-state index contributed by atoms with van der Waals surface area (Å²) in [5.74, 6) is -0.984. The maximum absolute atomic E-state index is 12.0. The van der Waals surface area contributed by atoms with Crippen LogP contribution in [0, 0.1) is 5.41 Å². The number of rotatable bonds is 8. The molecule has 0 aliphatic heterocycles. The monoisotopic (exact) mass is 312 g/mol. The van der Waals surface area contributed by atoms with Crippen LogP contribution in [0.4, 0.5) is 0 Å². The van der Waals surface area contributed by atoms with Gasteiger partial charge < -0.3 is 15.3 Å².